The molecule has 1 aromatic carbocycles. The Balaban J connectivity index is 1.84. The third kappa shape index (κ3) is 4.45. The zero-order valence-electron chi connectivity index (χ0n) is 16.8. The molecule has 2 atom stereocenters. The minimum atomic E-state index is -4.02. The highest BCUT2D eigenvalue weighted by Crippen LogP contribution is 2.29. The number of benzene rings is 1. The van der Waals surface area contributed by atoms with Gasteiger partial charge in [-0.15, -0.1) is 0 Å². The van der Waals surface area contributed by atoms with Crippen LogP contribution in [0.25, 0.3) is 0 Å². The zero-order valence-corrected chi connectivity index (χ0v) is 17.6. The maximum absolute atomic E-state index is 13.1. The van der Waals surface area contributed by atoms with E-state index < -0.39 is 16.1 Å². The summed E-state index contributed by atoms with van der Waals surface area (Å²) in [6.07, 6.45) is 1.20. The molecule has 0 bridgehead atoms. The van der Waals surface area contributed by atoms with Crippen LogP contribution in [0.1, 0.15) is 25.3 Å². The van der Waals surface area contributed by atoms with Crippen LogP contribution in [0.15, 0.2) is 23.1 Å². The Morgan fingerprint density at radius 1 is 1.38 bits per heavy atom. The van der Waals surface area contributed by atoms with Gasteiger partial charge in [0.25, 0.3) is 0 Å². The lowest BCUT2D eigenvalue weighted by Crippen LogP contribution is -2.57. The summed E-state index contributed by atoms with van der Waals surface area (Å²) >= 11 is 0. The van der Waals surface area contributed by atoms with E-state index in [2.05, 4.69) is 4.72 Å². The van der Waals surface area contributed by atoms with Crippen LogP contribution in [0.2, 0.25) is 0 Å². The number of hydrogen-bond donors (Lipinski definition) is 2. The van der Waals surface area contributed by atoms with Gasteiger partial charge in [0, 0.05) is 31.7 Å². The average molecular weight is 425 g/mol. The number of rotatable bonds is 6. The van der Waals surface area contributed by atoms with Gasteiger partial charge in [-0.1, -0.05) is 6.07 Å². The summed E-state index contributed by atoms with van der Waals surface area (Å²) in [5.74, 6) is -0.387. The molecule has 2 aliphatic rings. The highest BCUT2D eigenvalue weighted by molar-refractivity contribution is 7.89. The fourth-order valence-electron chi connectivity index (χ4n) is 3.79. The van der Waals surface area contributed by atoms with Crippen molar-refractivity contribution in [3.8, 4) is 0 Å². The molecule has 0 aromatic heterocycles. The van der Waals surface area contributed by atoms with Crippen molar-refractivity contribution in [2.24, 2.45) is 5.73 Å². The van der Waals surface area contributed by atoms with E-state index in [4.69, 9.17) is 10.5 Å². The fraction of sp³-hybridized carbons (Fsp3) is 0.579. The molecule has 3 N–H and O–H groups in total. The molecule has 2 heterocycles. The van der Waals surface area contributed by atoms with Crippen molar-refractivity contribution in [1.82, 2.24) is 9.62 Å². The molecule has 9 nitrogen and oxygen atoms in total. The van der Waals surface area contributed by atoms with E-state index in [1.165, 1.54) is 6.07 Å². The minimum Gasteiger partial charge on any atom is -0.377 e. The molecule has 0 radical (unpaired) electrons. The van der Waals surface area contributed by atoms with Crippen LogP contribution < -0.4 is 15.4 Å². The second kappa shape index (κ2) is 8.78. The molecule has 10 heteroatoms. The average Bonchev–Trinajstić information content (AvgIpc) is 3.11. The van der Waals surface area contributed by atoms with Crippen molar-refractivity contribution in [1.29, 1.82) is 0 Å². The highest BCUT2D eigenvalue weighted by Gasteiger charge is 2.33. The number of amides is 2. The summed E-state index contributed by atoms with van der Waals surface area (Å²) in [5, 5.41) is 0. The maximum atomic E-state index is 13.1. The van der Waals surface area contributed by atoms with Crippen LogP contribution >= 0.6 is 0 Å². The van der Waals surface area contributed by atoms with Gasteiger partial charge in [0.2, 0.25) is 21.8 Å². The normalized spacial score (nSPS) is 21.5. The number of carbonyl (C=O) groups is 2. The Bertz CT molecular complexity index is 889. The number of morpholine rings is 1. The molecule has 160 valence electrons. The predicted molar refractivity (Wildman–Crippen MR) is 108 cm³/mol. The number of anilines is 1. The van der Waals surface area contributed by atoms with E-state index in [0.717, 1.165) is 6.42 Å². The van der Waals surface area contributed by atoms with Gasteiger partial charge in [0.15, 0.2) is 0 Å². The maximum Gasteiger partial charge on any atom is 0.242 e. The molecular formula is C19H28N4O5S. The van der Waals surface area contributed by atoms with Crippen LogP contribution in [-0.4, -0.2) is 70.1 Å². The van der Waals surface area contributed by atoms with E-state index in [-0.39, 0.29) is 29.3 Å². The van der Waals surface area contributed by atoms with Crippen molar-refractivity contribution in [2.75, 3.05) is 37.7 Å². The number of ether oxygens (including phenoxy) is 1. The molecule has 0 spiro atoms. The highest BCUT2D eigenvalue weighted by atomic mass is 32.2. The summed E-state index contributed by atoms with van der Waals surface area (Å²) < 4.78 is 33.9. The second-order valence-electron chi connectivity index (χ2n) is 7.41. The van der Waals surface area contributed by atoms with Crippen LogP contribution in [0.5, 0.6) is 0 Å². The lowest BCUT2D eigenvalue weighted by atomic mass is 10.2. The standard InChI is InChI=1S/C19H28N4O5S/c1-13-12-28-10-9-22(13)19(25)15(11-20)21-29(26,27)17-6-3-5-16(14(17)2)23-8-4-7-18(23)24/h3,5-6,13,15,21H,4,7-12,20H2,1-2H3/t13-,15-/m0/s1. The number of carbonyl (C=O) groups excluding carboxylic acids is 2. The van der Waals surface area contributed by atoms with Gasteiger partial charge >= 0.3 is 0 Å². The van der Waals surface area contributed by atoms with Gasteiger partial charge in [0.05, 0.1) is 24.2 Å². The van der Waals surface area contributed by atoms with Crippen molar-refractivity contribution in [3.63, 3.8) is 0 Å². The van der Waals surface area contributed by atoms with E-state index in [9.17, 15) is 18.0 Å². The minimum absolute atomic E-state index is 0.0214. The molecule has 0 saturated carbocycles. The molecule has 3 rings (SSSR count). The van der Waals surface area contributed by atoms with E-state index in [0.29, 0.717) is 44.0 Å². The van der Waals surface area contributed by atoms with Crippen molar-refractivity contribution in [3.05, 3.63) is 23.8 Å². The van der Waals surface area contributed by atoms with Crippen molar-refractivity contribution in [2.45, 2.75) is 43.7 Å². The molecule has 1 aromatic rings. The van der Waals surface area contributed by atoms with Gasteiger partial charge in [-0.05, 0) is 38.0 Å². The Kier molecular flexibility index (Phi) is 6.57. The van der Waals surface area contributed by atoms with Crippen LogP contribution in [0.4, 0.5) is 5.69 Å². The Hall–Kier alpha value is -2.01. The predicted octanol–water partition coefficient (Wildman–Crippen LogP) is -0.0253. The molecule has 2 fully saturated rings. The third-order valence-corrected chi connectivity index (χ3v) is 7.01. The first-order valence-electron chi connectivity index (χ1n) is 9.77. The number of nitrogens with zero attached hydrogens (tertiary/aromatic N) is 2. The lowest BCUT2D eigenvalue weighted by molar-refractivity contribution is -0.140. The first-order chi connectivity index (χ1) is 13.8. The first-order valence-corrected chi connectivity index (χ1v) is 11.2. The molecular weight excluding hydrogens is 396 g/mol. The van der Waals surface area contributed by atoms with E-state index in [1.54, 1.807) is 28.9 Å². The van der Waals surface area contributed by atoms with Crippen LogP contribution in [-0.2, 0) is 24.3 Å². The number of nitrogens with two attached hydrogens (primary N) is 1. The summed E-state index contributed by atoms with van der Waals surface area (Å²) in [4.78, 5) is 28.2. The Morgan fingerprint density at radius 2 is 2.14 bits per heavy atom. The van der Waals surface area contributed by atoms with E-state index >= 15 is 0 Å². The van der Waals surface area contributed by atoms with Gasteiger partial charge in [-0.3, -0.25) is 9.59 Å². The SMILES string of the molecule is Cc1c(N2CCCC2=O)cccc1S(=O)(=O)N[C@@H](CN)C(=O)N1CCOC[C@@H]1C. The topological polar surface area (TPSA) is 122 Å². The van der Waals surface area contributed by atoms with E-state index in [1.807, 2.05) is 6.92 Å². The fourth-order valence-corrected chi connectivity index (χ4v) is 5.26. The Labute approximate surface area is 171 Å². The zero-order chi connectivity index (χ0) is 21.2. The molecule has 29 heavy (non-hydrogen) atoms. The quantitative estimate of drug-likeness (QED) is 0.662. The van der Waals surface area contributed by atoms with Gasteiger partial charge < -0.3 is 20.3 Å². The number of nitrogens with one attached hydrogen (secondary N) is 1. The van der Waals surface area contributed by atoms with Crippen LogP contribution in [0.3, 0.4) is 0 Å². The molecule has 2 amide bonds. The molecule has 0 unspecified atom stereocenters. The summed E-state index contributed by atoms with van der Waals surface area (Å²) in [5.41, 5.74) is 6.79. The first kappa shape index (κ1) is 21.7. The van der Waals surface area contributed by atoms with Gasteiger partial charge in [-0.25, -0.2) is 8.42 Å². The van der Waals surface area contributed by atoms with Crippen LogP contribution in [0, 0.1) is 6.92 Å². The summed E-state index contributed by atoms with van der Waals surface area (Å²) in [6, 6.07) is 3.58. The summed E-state index contributed by atoms with van der Waals surface area (Å²) in [6.45, 7) is 5.12. The summed E-state index contributed by atoms with van der Waals surface area (Å²) in [7, 11) is -4.02. The van der Waals surface area contributed by atoms with Crippen molar-refractivity contribution >= 4 is 27.5 Å². The van der Waals surface area contributed by atoms with Gasteiger partial charge in [-0.2, -0.15) is 4.72 Å². The second-order valence-corrected chi connectivity index (χ2v) is 9.10. The van der Waals surface area contributed by atoms with Gasteiger partial charge in [0.1, 0.15) is 6.04 Å². The van der Waals surface area contributed by atoms with Crippen molar-refractivity contribution < 1.29 is 22.7 Å². The molecule has 2 saturated heterocycles. The smallest absolute Gasteiger partial charge is 0.242 e. The number of hydrogen-bond acceptors (Lipinski definition) is 6. The number of sulfonamides is 1. The largest absolute Gasteiger partial charge is 0.377 e. The monoisotopic (exact) mass is 424 g/mol. The third-order valence-electron chi connectivity index (χ3n) is 5.39. The molecule has 0 aliphatic carbocycles. The Morgan fingerprint density at radius 3 is 2.76 bits per heavy atom. The molecule has 2 aliphatic heterocycles. The lowest BCUT2D eigenvalue weighted by Gasteiger charge is -2.35.